The third kappa shape index (κ3) is 3.64. The lowest BCUT2D eigenvalue weighted by Crippen LogP contribution is -2.26. The standard InChI is InChI=1S/C26H23N3O3/c1-16-9-11-17(12-10-16)26-25-23(27-21-7-2-3-8-22(21)28-26)14-19(15-24(25)30)18-5-4-6-20(13-18)29(31)32/h2-13,19,26-28H,14-15H2,1H3/t19-,26+/m1/s1. The molecule has 6 heteroatoms. The Balaban J connectivity index is 1.59. The Kier molecular flexibility index (Phi) is 4.98. The van der Waals surface area contributed by atoms with Gasteiger partial charge in [-0.25, -0.2) is 0 Å². The number of rotatable bonds is 3. The molecule has 1 aliphatic heterocycles. The zero-order valence-corrected chi connectivity index (χ0v) is 17.7. The van der Waals surface area contributed by atoms with E-state index in [-0.39, 0.29) is 23.4 Å². The van der Waals surface area contributed by atoms with Crippen LogP contribution >= 0.6 is 0 Å². The topological polar surface area (TPSA) is 84.3 Å². The molecule has 3 aromatic rings. The summed E-state index contributed by atoms with van der Waals surface area (Å²) in [5.41, 5.74) is 6.53. The van der Waals surface area contributed by atoms with Gasteiger partial charge >= 0.3 is 0 Å². The van der Waals surface area contributed by atoms with Crippen molar-refractivity contribution in [1.29, 1.82) is 0 Å². The number of carbonyl (C=O) groups excluding carboxylic acids is 1. The summed E-state index contributed by atoms with van der Waals surface area (Å²) in [5, 5.41) is 18.3. The summed E-state index contributed by atoms with van der Waals surface area (Å²) in [5.74, 6) is -0.0567. The highest BCUT2D eigenvalue weighted by Gasteiger charge is 2.36. The molecule has 160 valence electrons. The van der Waals surface area contributed by atoms with Crippen molar-refractivity contribution in [1.82, 2.24) is 0 Å². The summed E-state index contributed by atoms with van der Waals surface area (Å²) in [6, 6.07) is 22.5. The van der Waals surface area contributed by atoms with Crippen molar-refractivity contribution >= 4 is 22.8 Å². The number of anilines is 2. The number of para-hydroxylation sites is 2. The van der Waals surface area contributed by atoms with Crippen molar-refractivity contribution in [2.24, 2.45) is 0 Å². The maximum absolute atomic E-state index is 13.5. The summed E-state index contributed by atoms with van der Waals surface area (Å²) in [6.07, 6.45) is 0.933. The van der Waals surface area contributed by atoms with Crippen LogP contribution in [-0.4, -0.2) is 10.7 Å². The SMILES string of the molecule is Cc1ccc([C@@H]2Nc3ccccc3NC3=C2C(=O)C[C@H](c2cccc([N+](=O)[O-])c2)C3)cc1. The smallest absolute Gasteiger partial charge is 0.269 e. The van der Waals surface area contributed by atoms with Gasteiger partial charge in [-0.05, 0) is 42.5 Å². The fourth-order valence-electron chi connectivity index (χ4n) is 4.63. The quantitative estimate of drug-likeness (QED) is 0.404. The van der Waals surface area contributed by atoms with E-state index in [1.54, 1.807) is 12.1 Å². The van der Waals surface area contributed by atoms with Crippen LogP contribution in [0.3, 0.4) is 0 Å². The van der Waals surface area contributed by atoms with Crippen LogP contribution in [-0.2, 0) is 4.79 Å². The van der Waals surface area contributed by atoms with E-state index in [9.17, 15) is 14.9 Å². The second kappa shape index (κ2) is 7.96. The van der Waals surface area contributed by atoms with E-state index in [1.165, 1.54) is 6.07 Å². The lowest BCUT2D eigenvalue weighted by molar-refractivity contribution is -0.384. The first-order chi connectivity index (χ1) is 15.5. The summed E-state index contributed by atoms with van der Waals surface area (Å²) in [7, 11) is 0. The number of Topliss-reactive ketones (excluding diaryl/α,β-unsaturated/α-hetero) is 1. The Morgan fingerprint density at radius 2 is 1.66 bits per heavy atom. The second-order valence-electron chi connectivity index (χ2n) is 8.43. The Morgan fingerprint density at radius 1 is 0.906 bits per heavy atom. The highest BCUT2D eigenvalue weighted by molar-refractivity contribution is 6.01. The van der Waals surface area contributed by atoms with Gasteiger partial charge in [-0.2, -0.15) is 0 Å². The third-order valence-electron chi connectivity index (χ3n) is 6.27. The fourth-order valence-corrected chi connectivity index (χ4v) is 4.63. The highest BCUT2D eigenvalue weighted by Crippen LogP contribution is 2.44. The minimum Gasteiger partial charge on any atom is -0.372 e. The van der Waals surface area contributed by atoms with Gasteiger partial charge in [-0.15, -0.1) is 0 Å². The van der Waals surface area contributed by atoms with Crippen molar-refractivity contribution < 1.29 is 9.72 Å². The molecule has 0 aromatic heterocycles. The molecular weight excluding hydrogens is 402 g/mol. The number of nitro groups is 1. The number of hydrogen-bond acceptors (Lipinski definition) is 5. The molecule has 0 fully saturated rings. The van der Waals surface area contributed by atoms with Gasteiger partial charge in [-0.1, -0.05) is 54.1 Å². The molecule has 0 radical (unpaired) electrons. The maximum atomic E-state index is 13.5. The van der Waals surface area contributed by atoms with Crippen molar-refractivity contribution in [3.8, 4) is 0 Å². The van der Waals surface area contributed by atoms with E-state index < -0.39 is 4.92 Å². The molecule has 32 heavy (non-hydrogen) atoms. The number of fused-ring (bicyclic) bond motifs is 1. The van der Waals surface area contributed by atoms with E-state index in [0.29, 0.717) is 12.8 Å². The molecule has 0 saturated carbocycles. The number of nitrogens with zero attached hydrogens (tertiary/aromatic N) is 1. The largest absolute Gasteiger partial charge is 0.372 e. The van der Waals surface area contributed by atoms with Crippen LogP contribution < -0.4 is 10.6 Å². The van der Waals surface area contributed by atoms with Crippen molar-refractivity contribution in [2.75, 3.05) is 10.6 Å². The zero-order valence-electron chi connectivity index (χ0n) is 17.7. The molecular formula is C26H23N3O3. The third-order valence-corrected chi connectivity index (χ3v) is 6.27. The van der Waals surface area contributed by atoms with Gasteiger partial charge in [0.05, 0.1) is 22.3 Å². The van der Waals surface area contributed by atoms with Crippen LogP contribution in [0, 0.1) is 17.0 Å². The van der Waals surface area contributed by atoms with Crippen LogP contribution in [0.2, 0.25) is 0 Å². The lowest BCUT2D eigenvalue weighted by Gasteiger charge is -2.30. The molecule has 1 heterocycles. The van der Waals surface area contributed by atoms with Crippen molar-refractivity contribution in [2.45, 2.75) is 31.7 Å². The first-order valence-corrected chi connectivity index (χ1v) is 10.7. The number of non-ortho nitro benzene ring substituents is 1. The number of nitrogens with one attached hydrogen (secondary N) is 2. The van der Waals surface area contributed by atoms with E-state index in [1.807, 2.05) is 37.3 Å². The van der Waals surface area contributed by atoms with Crippen molar-refractivity contribution in [3.63, 3.8) is 0 Å². The fraction of sp³-hybridized carbons (Fsp3) is 0.192. The molecule has 2 atom stereocenters. The van der Waals surface area contributed by atoms with Crippen LogP contribution in [0.1, 0.15) is 41.5 Å². The van der Waals surface area contributed by atoms with E-state index in [4.69, 9.17) is 0 Å². The molecule has 0 bridgehead atoms. The number of benzene rings is 3. The highest BCUT2D eigenvalue weighted by atomic mass is 16.6. The van der Waals surface area contributed by atoms with Gasteiger partial charge in [0.2, 0.25) is 0 Å². The Hall–Kier alpha value is -3.93. The Labute approximate surface area is 186 Å². The minimum absolute atomic E-state index is 0.0492. The van der Waals surface area contributed by atoms with Crippen LogP contribution in [0.5, 0.6) is 0 Å². The molecule has 2 N–H and O–H groups in total. The lowest BCUT2D eigenvalue weighted by atomic mass is 9.78. The van der Waals surface area contributed by atoms with E-state index >= 15 is 0 Å². The van der Waals surface area contributed by atoms with Crippen LogP contribution in [0.15, 0.2) is 84.1 Å². The number of ketones is 1. The average molecular weight is 425 g/mol. The molecule has 2 aliphatic rings. The van der Waals surface area contributed by atoms with Gasteiger partial charge in [0, 0.05) is 29.8 Å². The van der Waals surface area contributed by atoms with Crippen molar-refractivity contribution in [3.05, 3.63) is 111 Å². The van der Waals surface area contributed by atoms with Gasteiger partial charge in [0.1, 0.15) is 0 Å². The van der Waals surface area contributed by atoms with E-state index in [0.717, 1.165) is 39.3 Å². The monoisotopic (exact) mass is 425 g/mol. The summed E-state index contributed by atoms with van der Waals surface area (Å²) in [6.45, 7) is 2.04. The van der Waals surface area contributed by atoms with Crippen LogP contribution in [0.4, 0.5) is 17.1 Å². The van der Waals surface area contributed by atoms with Gasteiger partial charge in [0.25, 0.3) is 5.69 Å². The molecule has 0 amide bonds. The van der Waals surface area contributed by atoms with Gasteiger partial charge in [0.15, 0.2) is 5.78 Å². The first-order valence-electron chi connectivity index (χ1n) is 10.7. The summed E-state index contributed by atoms with van der Waals surface area (Å²) in [4.78, 5) is 24.4. The van der Waals surface area contributed by atoms with Gasteiger partial charge < -0.3 is 10.6 Å². The summed E-state index contributed by atoms with van der Waals surface area (Å²) >= 11 is 0. The van der Waals surface area contributed by atoms with Gasteiger partial charge in [-0.3, -0.25) is 14.9 Å². The van der Waals surface area contributed by atoms with Crippen LogP contribution in [0.25, 0.3) is 0 Å². The molecule has 3 aromatic carbocycles. The Bertz CT molecular complexity index is 1250. The average Bonchev–Trinajstić information content (AvgIpc) is 2.96. The molecule has 0 spiro atoms. The molecule has 0 unspecified atom stereocenters. The molecule has 5 rings (SSSR count). The number of aryl methyl sites for hydroxylation is 1. The predicted molar refractivity (Wildman–Crippen MR) is 125 cm³/mol. The second-order valence-corrected chi connectivity index (χ2v) is 8.43. The number of carbonyl (C=O) groups is 1. The zero-order chi connectivity index (χ0) is 22.2. The molecule has 1 aliphatic carbocycles. The maximum Gasteiger partial charge on any atom is 0.269 e. The molecule has 6 nitrogen and oxygen atoms in total. The minimum atomic E-state index is -0.393. The van der Waals surface area contributed by atoms with E-state index in [2.05, 4.69) is 34.9 Å². The normalized spacial score (nSPS) is 19.8. The molecule has 0 saturated heterocycles. The number of hydrogen-bond donors (Lipinski definition) is 2. The predicted octanol–water partition coefficient (Wildman–Crippen LogP) is 5.88. The Morgan fingerprint density at radius 3 is 2.41 bits per heavy atom. The first kappa shape index (κ1) is 20.0. The number of allylic oxidation sites excluding steroid dienone is 1. The summed E-state index contributed by atoms with van der Waals surface area (Å²) < 4.78 is 0. The number of nitro benzene ring substituents is 1.